The molecule has 1 N–H and O–H groups in total. The van der Waals surface area contributed by atoms with Gasteiger partial charge in [0.25, 0.3) is 11.7 Å². The number of rotatable bonds is 7. The summed E-state index contributed by atoms with van der Waals surface area (Å²) in [5, 5.41) is 11.6. The fourth-order valence-corrected chi connectivity index (χ4v) is 4.93. The molecule has 0 radical (unpaired) electrons. The third-order valence-corrected chi connectivity index (χ3v) is 7.10. The molecule has 1 saturated heterocycles. The van der Waals surface area contributed by atoms with Crippen LogP contribution in [-0.2, 0) is 21.5 Å². The number of amides is 1. The van der Waals surface area contributed by atoms with E-state index in [1.165, 1.54) is 17.0 Å². The summed E-state index contributed by atoms with van der Waals surface area (Å²) >= 11 is 0. The number of benzene rings is 3. The second kappa shape index (κ2) is 11.0. The number of carbonyl (C=O) groups excluding carboxylic acids is 2. The number of nitrogens with zero attached hydrogens (tertiary/aromatic N) is 1. The van der Waals surface area contributed by atoms with E-state index in [0.29, 0.717) is 23.3 Å². The minimum atomic E-state index is -0.807. The zero-order chi connectivity index (χ0) is 28.5. The van der Waals surface area contributed by atoms with Gasteiger partial charge in [-0.15, -0.1) is 0 Å². The Morgan fingerprint density at radius 1 is 1.00 bits per heavy atom. The van der Waals surface area contributed by atoms with E-state index in [2.05, 4.69) is 20.8 Å². The second-order valence-electron chi connectivity index (χ2n) is 11.3. The van der Waals surface area contributed by atoms with Crippen LogP contribution in [0.5, 0.6) is 5.75 Å². The van der Waals surface area contributed by atoms with Crippen LogP contribution in [0.15, 0.2) is 72.3 Å². The van der Waals surface area contributed by atoms with E-state index in [-0.39, 0.29) is 35.0 Å². The summed E-state index contributed by atoms with van der Waals surface area (Å²) in [5.41, 5.74) is 3.79. The van der Waals surface area contributed by atoms with Crippen LogP contribution < -0.4 is 4.74 Å². The van der Waals surface area contributed by atoms with Gasteiger partial charge in [0.2, 0.25) is 0 Å². The quantitative estimate of drug-likeness (QED) is 0.199. The van der Waals surface area contributed by atoms with Crippen molar-refractivity contribution >= 4 is 17.4 Å². The minimum Gasteiger partial charge on any atom is -0.507 e. The molecule has 0 spiro atoms. The molecule has 1 atom stereocenters. The SMILES string of the molecule is CCOc1ccc(/C(O)=C2/C(=O)C(=O)N(Cc3ccc(F)cc3)C2c2ccc(C(C)(C)C)cc2)cc1C(C)C. The van der Waals surface area contributed by atoms with Crippen molar-refractivity contribution in [3.63, 3.8) is 0 Å². The van der Waals surface area contributed by atoms with Crippen molar-refractivity contribution in [3.8, 4) is 5.75 Å². The molecule has 1 amide bonds. The highest BCUT2D eigenvalue weighted by atomic mass is 19.1. The Labute approximate surface area is 229 Å². The number of ether oxygens (including phenoxy) is 1. The molecule has 4 rings (SSSR count). The van der Waals surface area contributed by atoms with Crippen LogP contribution in [0.4, 0.5) is 4.39 Å². The van der Waals surface area contributed by atoms with Crippen molar-refractivity contribution in [1.82, 2.24) is 4.90 Å². The number of aliphatic hydroxyl groups excluding tert-OH is 1. The van der Waals surface area contributed by atoms with Crippen LogP contribution in [-0.4, -0.2) is 28.3 Å². The lowest BCUT2D eigenvalue weighted by Crippen LogP contribution is -2.29. The van der Waals surface area contributed by atoms with Gasteiger partial charge in [0.1, 0.15) is 17.3 Å². The summed E-state index contributed by atoms with van der Waals surface area (Å²) in [7, 11) is 0. The van der Waals surface area contributed by atoms with E-state index < -0.39 is 17.7 Å². The lowest BCUT2D eigenvalue weighted by molar-refractivity contribution is -0.140. The first-order valence-electron chi connectivity index (χ1n) is 13.3. The van der Waals surface area contributed by atoms with E-state index in [1.54, 1.807) is 24.3 Å². The standard InChI is InChI=1S/C33H36FNO4/c1-7-39-27-17-12-23(18-26(27)20(2)3)30(36)28-29(22-10-13-24(14-11-22)33(4,5)6)35(32(38)31(28)37)19-21-8-15-25(34)16-9-21/h8-18,20,29,36H,7,19H2,1-6H3/b30-28-. The molecule has 5 nitrogen and oxygen atoms in total. The van der Waals surface area contributed by atoms with Gasteiger partial charge < -0.3 is 14.7 Å². The number of hydrogen-bond donors (Lipinski definition) is 1. The van der Waals surface area contributed by atoms with Gasteiger partial charge in [-0.25, -0.2) is 4.39 Å². The maximum atomic E-state index is 13.6. The van der Waals surface area contributed by atoms with Gasteiger partial charge in [0.15, 0.2) is 0 Å². The second-order valence-corrected chi connectivity index (χ2v) is 11.3. The van der Waals surface area contributed by atoms with Gasteiger partial charge in [0.05, 0.1) is 18.2 Å². The largest absolute Gasteiger partial charge is 0.507 e. The first kappa shape index (κ1) is 28.1. The molecule has 1 unspecified atom stereocenters. The fourth-order valence-electron chi connectivity index (χ4n) is 4.93. The molecule has 1 fully saturated rings. The summed E-state index contributed by atoms with van der Waals surface area (Å²) < 4.78 is 19.3. The van der Waals surface area contributed by atoms with Crippen molar-refractivity contribution in [3.05, 3.63) is 106 Å². The molecule has 1 aliphatic heterocycles. The summed E-state index contributed by atoms with van der Waals surface area (Å²) in [6.45, 7) is 12.9. The Morgan fingerprint density at radius 2 is 1.64 bits per heavy atom. The fraction of sp³-hybridized carbons (Fsp3) is 0.333. The average Bonchev–Trinajstić information content (AvgIpc) is 3.14. The number of aliphatic hydroxyl groups is 1. The van der Waals surface area contributed by atoms with E-state index in [4.69, 9.17) is 4.74 Å². The van der Waals surface area contributed by atoms with Crippen LogP contribution in [0.2, 0.25) is 0 Å². The Balaban J connectivity index is 1.87. The minimum absolute atomic E-state index is 0.0319. The number of hydrogen-bond acceptors (Lipinski definition) is 4. The van der Waals surface area contributed by atoms with Crippen LogP contribution in [0, 0.1) is 5.82 Å². The summed E-state index contributed by atoms with van der Waals surface area (Å²) in [4.78, 5) is 28.3. The molecule has 1 aliphatic rings. The molecule has 204 valence electrons. The lowest BCUT2D eigenvalue weighted by atomic mass is 9.85. The topological polar surface area (TPSA) is 66.8 Å². The molecule has 0 aromatic heterocycles. The summed E-state index contributed by atoms with van der Waals surface area (Å²) in [5.74, 6) is -1.24. The lowest BCUT2D eigenvalue weighted by Gasteiger charge is -2.27. The van der Waals surface area contributed by atoms with Gasteiger partial charge in [-0.2, -0.15) is 0 Å². The predicted molar refractivity (Wildman–Crippen MR) is 151 cm³/mol. The number of ketones is 1. The van der Waals surface area contributed by atoms with Gasteiger partial charge >= 0.3 is 0 Å². The van der Waals surface area contributed by atoms with Crippen LogP contribution in [0.1, 0.15) is 81.3 Å². The van der Waals surface area contributed by atoms with Gasteiger partial charge in [-0.1, -0.05) is 71.0 Å². The Bertz CT molecular complexity index is 1400. The monoisotopic (exact) mass is 529 g/mol. The van der Waals surface area contributed by atoms with Gasteiger partial charge in [0, 0.05) is 12.1 Å². The smallest absolute Gasteiger partial charge is 0.295 e. The number of likely N-dealkylation sites (tertiary alicyclic amines) is 1. The van der Waals surface area contributed by atoms with Gasteiger partial charge in [-0.05, 0) is 70.8 Å². The molecule has 0 saturated carbocycles. The van der Waals surface area contributed by atoms with E-state index in [1.807, 2.05) is 51.1 Å². The zero-order valence-electron chi connectivity index (χ0n) is 23.4. The number of halogens is 1. The Morgan fingerprint density at radius 3 is 2.21 bits per heavy atom. The highest BCUT2D eigenvalue weighted by Crippen LogP contribution is 2.41. The molecule has 0 bridgehead atoms. The van der Waals surface area contributed by atoms with E-state index in [0.717, 1.165) is 16.9 Å². The molecular weight excluding hydrogens is 493 g/mol. The molecule has 6 heteroatoms. The Hall–Kier alpha value is -3.93. The van der Waals surface area contributed by atoms with Gasteiger partial charge in [-0.3, -0.25) is 9.59 Å². The third kappa shape index (κ3) is 5.75. The highest BCUT2D eigenvalue weighted by Gasteiger charge is 2.46. The Kier molecular flexibility index (Phi) is 7.96. The average molecular weight is 530 g/mol. The van der Waals surface area contributed by atoms with E-state index in [9.17, 15) is 19.1 Å². The third-order valence-electron chi connectivity index (χ3n) is 7.10. The number of Topliss-reactive ketones (excluding diaryl/α,β-unsaturated/α-hetero) is 1. The molecule has 3 aromatic carbocycles. The normalized spacial score (nSPS) is 17.2. The maximum Gasteiger partial charge on any atom is 0.295 e. The molecular formula is C33H36FNO4. The number of carbonyl (C=O) groups is 2. The van der Waals surface area contributed by atoms with Crippen molar-refractivity contribution < 1.29 is 23.8 Å². The van der Waals surface area contributed by atoms with Crippen LogP contribution >= 0.6 is 0 Å². The molecule has 3 aromatic rings. The van der Waals surface area contributed by atoms with E-state index >= 15 is 0 Å². The maximum absolute atomic E-state index is 13.6. The predicted octanol–water partition coefficient (Wildman–Crippen LogP) is 7.27. The van der Waals surface area contributed by atoms with Crippen LogP contribution in [0.25, 0.3) is 5.76 Å². The van der Waals surface area contributed by atoms with Crippen molar-refractivity contribution in [1.29, 1.82) is 0 Å². The molecule has 1 heterocycles. The summed E-state index contributed by atoms with van der Waals surface area (Å²) in [6.07, 6.45) is 0. The highest BCUT2D eigenvalue weighted by molar-refractivity contribution is 6.46. The van der Waals surface area contributed by atoms with Crippen molar-refractivity contribution in [2.24, 2.45) is 0 Å². The van der Waals surface area contributed by atoms with Crippen molar-refractivity contribution in [2.45, 2.75) is 65.5 Å². The first-order chi connectivity index (χ1) is 18.4. The van der Waals surface area contributed by atoms with Crippen LogP contribution in [0.3, 0.4) is 0 Å². The first-order valence-corrected chi connectivity index (χ1v) is 13.3. The molecule has 0 aliphatic carbocycles. The molecule has 39 heavy (non-hydrogen) atoms. The van der Waals surface area contributed by atoms with Crippen molar-refractivity contribution in [2.75, 3.05) is 6.61 Å². The summed E-state index contributed by atoms with van der Waals surface area (Å²) in [6, 6.07) is 18.1. The zero-order valence-corrected chi connectivity index (χ0v) is 23.4.